The number of carbonyl (C=O) groups excluding carboxylic acids is 1. The van der Waals surface area contributed by atoms with E-state index in [1.54, 1.807) is 11.3 Å². The van der Waals surface area contributed by atoms with Crippen LogP contribution < -0.4 is 11.1 Å². The molecule has 6 heteroatoms. The van der Waals surface area contributed by atoms with Crippen LogP contribution in [0.1, 0.15) is 27.2 Å². The monoisotopic (exact) mass is 304 g/mol. The quantitative estimate of drug-likeness (QED) is 0.899. The van der Waals surface area contributed by atoms with E-state index in [0.29, 0.717) is 13.0 Å². The summed E-state index contributed by atoms with van der Waals surface area (Å²) in [5, 5.41) is 6.69. The Bertz CT molecular complexity index is 436. The van der Waals surface area contributed by atoms with E-state index in [2.05, 4.69) is 5.32 Å². The number of thiophene rings is 1. The molecule has 0 bridgehead atoms. The van der Waals surface area contributed by atoms with Crippen molar-refractivity contribution >= 4 is 35.3 Å². The number of ether oxygens (including phenoxy) is 1. The minimum absolute atomic E-state index is 0. The van der Waals surface area contributed by atoms with E-state index in [1.807, 2.05) is 37.6 Å². The van der Waals surface area contributed by atoms with Crippen LogP contribution in [-0.2, 0) is 9.53 Å². The van der Waals surface area contributed by atoms with Crippen LogP contribution in [0.4, 0.5) is 5.69 Å². The Hall–Kier alpha value is -0.620. The van der Waals surface area contributed by atoms with Crippen LogP contribution in [0.3, 0.4) is 0 Å². The third-order valence-electron chi connectivity index (χ3n) is 4.01. The Kier molecular flexibility index (Phi) is 5.01. The van der Waals surface area contributed by atoms with Crippen molar-refractivity contribution in [1.29, 1.82) is 0 Å². The van der Waals surface area contributed by atoms with Crippen molar-refractivity contribution in [2.75, 3.05) is 11.9 Å². The number of rotatable bonds is 4. The maximum Gasteiger partial charge on any atom is 0.245 e. The molecule has 1 aliphatic rings. The number of nitrogens with one attached hydrogen (secondary N) is 1. The summed E-state index contributed by atoms with van der Waals surface area (Å²) in [4.78, 5) is 12.3. The van der Waals surface area contributed by atoms with Gasteiger partial charge in [-0.3, -0.25) is 4.79 Å². The average Bonchev–Trinajstić information content (AvgIpc) is 2.81. The van der Waals surface area contributed by atoms with Gasteiger partial charge in [-0.1, -0.05) is 13.8 Å². The van der Waals surface area contributed by atoms with Crippen LogP contribution in [0.5, 0.6) is 0 Å². The van der Waals surface area contributed by atoms with Gasteiger partial charge in [0.05, 0.1) is 11.8 Å². The molecule has 0 radical (unpaired) electrons. The standard InChI is InChI=1S/C13H20N2O2S.ClH/c1-4-17-10-7-13(14,12(10,2)3)11(16)15-9-5-6-18-8-9;/h5-6,8,10H,4,7,14H2,1-3H3,(H,15,16);1H. The van der Waals surface area contributed by atoms with Gasteiger partial charge in [0, 0.05) is 23.8 Å². The zero-order chi connectivity index (χ0) is 13.4. The third kappa shape index (κ3) is 2.65. The van der Waals surface area contributed by atoms with Crippen molar-refractivity contribution in [3.8, 4) is 0 Å². The Morgan fingerprint density at radius 1 is 1.63 bits per heavy atom. The molecule has 108 valence electrons. The summed E-state index contributed by atoms with van der Waals surface area (Å²) >= 11 is 1.55. The number of halogens is 1. The van der Waals surface area contributed by atoms with Crippen molar-refractivity contribution in [3.63, 3.8) is 0 Å². The lowest BCUT2D eigenvalue weighted by molar-refractivity contribution is -0.166. The van der Waals surface area contributed by atoms with Crippen LogP contribution in [0.25, 0.3) is 0 Å². The van der Waals surface area contributed by atoms with Crippen LogP contribution >= 0.6 is 23.7 Å². The summed E-state index contributed by atoms with van der Waals surface area (Å²) < 4.78 is 5.62. The summed E-state index contributed by atoms with van der Waals surface area (Å²) in [7, 11) is 0. The fourth-order valence-corrected chi connectivity index (χ4v) is 2.99. The largest absolute Gasteiger partial charge is 0.378 e. The van der Waals surface area contributed by atoms with Crippen molar-refractivity contribution < 1.29 is 9.53 Å². The van der Waals surface area contributed by atoms with Gasteiger partial charge in [0.1, 0.15) is 5.54 Å². The molecule has 2 atom stereocenters. The molecule has 1 fully saturated rings. The third-order valence-corrected chi connectivity index (χ3v) is 4.70. The number of hydrogen-bond donors (Lipinski definition) is 2. The maximum atomic E-state index is 12.3. The smallest absolute Gasteiger partial charge is 0.245 e. The first-order chi connectivity index (χ1) is 8.41. The second-order valence-corrected chi connectivity index (χ2v) is 6.09. The van der Waals surface area contributed by atoms with Crippen molar-refractivity contribution in [2.24, 2.45) is 11.1 Å². The normalized spacial score (nSPS) is 28.1. The first kappa shape index (κ1) is 16.4. The topological polar surface area (TPSA) is 64.3 Å². The van der Waals surface area contributed by atoms with Gasteiger partial charge in [-0.15, -0.1) is 12.4 Å². The molecule has 19 heavy (non-hydrogen) atoms. The van der Waals surface area contributed by atoms with Gasteiger partial charge in [0.25, 0.3) is 0 Å². The van der Waals surface area contributed by atoms with Crippen molar-refractivity contribution in [1.82, 2.24) is 0 Å². The number of anilines is 1. The molecular formula is C13H21ClN2O2S. The molecule has 0 aliphatic heterocycles. The second-order valence-electron chi connectivity index (χ2n) is 5.31. The first-order valence-corrected chi connectivity index (χ1v) is 7.10. The van der Waals surface area contributed by atoms with Gasteiger partial charge in [-0.25, -0.2) is 0 Å². The number of amides is 1. The molecule has 1 amide bonds. The van der Waals surface area contributed by atoms with E-state index < -0.39 is 5.54 Å². The highest BCUT2D eigenvalue weighted by molar-refractivity contribution is 7.08. The van der Waals surface area contributed by atoms with Crippen LogP contribution in [-0.4, -0.2) is 24.2 Å². The summed E-state index contributed by atoms with van der Waals surface area (Å²) in [5.41, 5.74) is 5.89. The molecule has 4 nitrogen and oxygen atoms in total. The van der Waals surface area contributed by atoms with Gasteiger partial charge in [-0.2, -0.15) is 11.3 Å². The molecule has 0 saturated heterocycles. The summed E-state index contributed by atoms with van der Waals surface area (Å²) in [6, 6.07) is 1.87. The Morgan fingerprint density at radius 3 is 2.79 bits per heavy atom. The minimum Gasteiger partial charge on any atom is -0.378 e. The molecule has 1 heterocycles. The van der Waals surface area contributed by atoms with E-state index in [0.717, 1.165) is 5.69 Å². The summed E-state index contributed by atoms with van der Waals surface area (Å²) in [6.07, 6.45) is 0.629. The average molecular weight is 305 g/mol. The van der Waals surface area contributed by atoms with Crippen molar-refractivity contribution in [3.05, 3.63) is 16.8 Å². The summed E-state index contributed by atoms with van der Waals surface area (Å²) in [5.74, 6) is -0.123. The van der Waals surface area contributed by atoms with E-state index in [9.17, 15) is 4.79 Å². The lowest BCUT2D eigenvalue weighted by Crippen LogP contribution is -2.74. The maximum absolute atomic E-state index is 12.3. The molecule has 2 rings (SSSR count). The van der Waals surface area contributed by atoms with Gasteiger partial charge >= 0.3 is 0 Å². The van der Waals surface area contributed by atoms with Crippen LogP contribution in [0.15, 0.2) is 16.8 Å². The first-order valence-electron chi connectivity index (χ1n) is 6.16. The van der Waals surface area contributed by atoms with E-state index in [1.165, 1.54) is 0 Å². The highest BCUT2D eigenvalue weighted by Crippen LogP contribution is 2.50. The predicted octanol–water partition coefficient (Wildman–Crippen LogP) is 2.64. The predicted molar refractivity (Wildman–Crippen MR) is 80.9 cm³/mol. The molecular weight excluding hydrogens is 284 g/mol. The number of nitrogens with two attached hydrogens (primary N) is 1. The molecule has 0 spiro atoms. The van der Waals surface area contributed by atoms with Gasteiger partial charge in [0.2, 0.25) is 5.91 Å². The highest BCUT2D eigenvalue weighted by atomic mass is 35.5. The molecule has 0 aromatic carbocycles. The molecule has 1 aromatic heterocycles. The Balaban J connectivity index is 0.00000180. The minimum atomic E-state index is -0.852. The highest BCUT2D eigenvalue weighted by Gasteiger charge is 2.62. The van der Waals surface area contributed by atoms with Crippen LogP contribution in [0, 0.1) is 5.41 Å². The molecule has 2 unspecified atom stereocenters. The number of carbonyl (C=O) groups is 1. The number of hydrogen-bond acceptors (Lipinski definition) is 4. The van der Waals surface area contributed by atoms with Gasteiger partial charge in [0.15, 0.2) is 0 Å². The molecule has 3 N–H and O–H groups in total. The van der Waals surface area contributed by atoms with Crippen LogP contribution in [0.2, 0.25) is 0 Å². The zero-order valence-electron chi connectivity index (χ0n) is 11.4. The fraction of sp³-hybridized carbons (Fsp3) is 0.615. The lowest BCUT2D eigenvalue weighted by atomic mass is 9.54. The van der Waals surface area contributed by atoms with Crippen molar-refractivity contribution in [2.45, 2.75) is 38.8 Å². The van der Waals surface area contributed by atoms with E-state index >= 15 is 0 Å². The molecule has 1 aliphatic carbocycles. The Morgan fingerprint density at radius 2 is 2.32 bits per heavy atom. The summed E-state index contributed by atoms with van der Waals surface area (Å²) in [6.45, 7) is 6.59. The van der Waals surface area contributed by atoms with Gasteiger partial charge in [-0.05, 0) is 18.4 Å². The molecule has 1 aromatic rings. The molecule has 1 saturated carbocycles. The van der Waals surface area contributed by atoms with E-state index in [-0.39, 0.29) is 29.8 Å². The second kappa shape index (κ2) is 5.79. The van der Waals surface area contributed by atoms with Gasteiger partial charge < -0.3 is 15.8 Å². The van der Waals surface area contributed by atoms with E-state index in [4.69, 9.17) is 10.5 Å². The lowest BCUT2D eigenvalue weighted by Gasteiger charge is -2.57. The SMILES string of the molecule is CCOC1CC(N)(C(=O)Nc2ccsc2)C1(C)C.Cl. The fourth-order valence-electron chi connectivity index (χ4n) is 2.40. The Labute approximate surface area is 124 Å². The zero-order valence-corrected chi connectivity index (χ0v) is 13.1.